The van der Waals surface area contributed by atoms with Crippen LogP contribution in [-0.4, -0.2) is 32.9 Å². The summed E-state index contributed by atoms with van der Waals surface area (Å²) >= 11 is 0. The fourth-order valence-corrected chi connectivity index (χ4v) is 3.04. The monoisotopic (exact) mass is 324 g/mol. The maximum absolute atomic E-state index is 12.7. The van der Waals surface area contributed by atoms with Crippen LogP contribution in [0.2, 0.25) is 0 Å². The number of piperidine rings is 1. The number of pyridine rings is 1. The van der Waals surface area contributed by atoms with Crippen LogP contribution < -0.4 is 0 Å². The Kier molecular flexibility index (Phi) is 4.39. The topological polar surface area (TPSA) is 44.8 Å². The van der Waals surface area contributed by atoms with Gasteiger partial charge in [0.2, 0.25) is 0 Å². The quantitative estimate of drug-likeness (QED) is 0.940. The number of aryl methyl sites for hydroxylation is 1. The Morgan fingerprint density at radius 1 is 1.35 bits per heavy atom. The van der Waals surface area contributed by atoms with Crippen LogP contribution >= 0.6 is 0 Å². The second-order valence-electron chi connectivity index (χ2n) is 6.00. The lowest BCUT2D eigenvalue weighted by Gasteiger charge is -2.32. The van der Waals surface area contributed by atoms with E-state index in [9.17, 15) is 13.2 Å². The molecular weight excluding hydrogens is 305 g/mol. The molecule has 1 fully saturated rings. The highest BCUT2D eigenvalue weighted by molar-refractivity contribution is 5.18. The van der Waals surface area contributed by atoms with Crippen molar-refractivity contribution >= 4 is 0 Å². The van der Waals surface area contributed by atoms with Crippen molar-refractivity contribution < 1.29 is 13.2 Å². The summed E-state index contributed by atoms with van der Waals surface area (Å²) in [6.45, 7) is 4.39. The lowest BCUT2D eigenvalue weighted by atomic mass is 9.97. The number of aromatic nitrogens is 3. The molecule has 0 amide bonds. The molecule has 1 saturated heterocycles. The van der Waals surface area contributed by atoms with E-state index >= 15 is 0 Å². The van der Waals surface area contributed by atoms with Gasteiger partial charge in [-0.05, 0) is 37.9 Å². The van der Waals surface area contributed by atoms with E-state index in [2.05, 4.69) is 19.9 Å². The number of imidazole rings is 1. The Labute approximate surface area is 132 Å². The number of nitrogens with one attached hydrogen (secondary N) is 1. The molecule has 1 N–H and O–H groups in total. The highest BCUT2D eigenvalue weighted by Crippen LogP contribution is 2.31. The predicted octanol–water partition coefficient (Wildman–Crippen LogP) is 3.51. The Hall–Kier alpha value is -1.89. The van der Waals surface area contributed by atoms with E-state index in [1.54, 1.807) is 6.20 Å². The van der Waals surface area contributed by atoms with E-state index < -0.39 is 11.9 Å². The molecule has 3 rings (SSSR count). The summed E-state index contributed by atoms with van der Waals surface area (Å²) in [5.41, 5.74) is 1.38. The minimum absolute atomic E-state index is 0.0110. The van der Waals surface area contributed by atoms with Gasteiger partial charge >= 0.3 is 6.18 Å². The lowest BCUT2D eigenvalue weighted by Crippen LogP contribution is -2.34. The van der Waals surface area contributed by atoms with E-state index in [4.69, 9.17) is 0 Å². The zero-order valence-corrected chi connectivity index (χ0v) is 12.9. The normalized spacial score (nSPS) is 19.9. The van der Waals surface area contributed by atoms with Crippen LogP contribution in [0, 0.1) is 6.92 Å². The first-order valence-corrected chi connectivity index (χ1v) is 7.68. The van der Waals surface area contributed by atoms with E-state index in [0.29, 0.717) is 12.4 Å². The number of aromatic amines is 1. The number of likely N-dealkylation sites (tertiary alicyclic amines) is 1. The average molecular weight is 324 g/mol. The standard InChI is InChI=1S/C16H19F3N4/c1-11-12(4-2-6-20-11)9-23-7-3-5-13(10-23)15-21-8-14(22-15)16(17,18)19/h2,4,6,8,13H,3,5,7,9-10H2,1H3,(H,21,22)/t13-/m1/s1. The second-order valence-corrected chi connectivity index (χ2v) is 6.00. The summed E-state index contributed by atoms with van der Waals surface area (Å²) in [4.78, 5) is 12.9. The first kappa shape index (κ1) is 16.0. The summed E-state index contributed by atoms with van der Waals surface area (Å²) < 4.78 is 38.1. The summed E-state index contributed by atoms with van der Waals surface area (Å²) in [7, 11) is 0. The smallest absolute Gasteiger partial charge is 0.338 e. The van der Waals surface area contributed by atoms with Crippen molar-refractivity contribution in [2.75, 3.05) is 13.1 Å². The van der Waals surface area contributed by atoms with Crippen LogP contribution in [0.5, 0.6) is 0 Å². The second kappa shape index (κ2) is 6.31. The molecule has 2 aromatic heterocycles. The molecule has 0 bridgehead atoms. The highest BCUT2D eigenvalue weighted by Gasteiger charge is 2.34. The predicted molar refractivity (Wildman–Crippen MR) is 79.8 cm³/mol. The van der Waals surface area contributed by atoms with Crippen molar-refractivity contribution in [3.63, 3.8) is 0 Å². The van der Waals surface area contributed by atoms with Crippen LogP contribution in [0.15, 0.2) is 24.5 Å². The van der Waals surface area contributed by atoms with Gasteiger partial charge in [0, 0.05) is 30.9 Å². The largest absolute Gasteiger partial charge is 0.432 e. The molecule has 0 radical (unpaired) electrons. The van der Waals surface area contributed by atoms with Crippen LogP contribution in [0.1, 0.15) is 41.5 Å². The van der Waals surface area contributed by atoms with Gasteiger partial charge in [0.05, 0.1) is 6.20 Å². The minimum atomic E-state index is -4.37. The van der Waals surface area contributed by atoms with Gasteiger partial charge in [-0.25, -0.2) is 4.98 Å². The molecule has 3 heterocycles. The van der Waals surface area contributed by atoms with E-state index in [-0.39, 0.29) is 5.92 Å². The van der Waals surface area contributed by atoms with Crippen LogP contribution in [0.3, 0.4) is 0 Å². The molecular formula is C16H19F3N4. The third-order valence-corrected chi connectivity index (χ3v) is 4.30. The van der Waals surface area contributed by atoms with Crippen molar-refractivity contribution in [1.82, 2.24) is 19.9 Å². The number of H-pyrrole nitrogens is 1. The highest BCUT2D eigenvalue weighted by atomic mass is 19.4. The Balaban J connectivity index is 1.69. The fourth-order valence-electron chi connectivity index (χ4n) is 3.04. The summed E-state index contributed by atoms with van der Waals surface area (Å²) in [6, 6.07) is 3.95. The van der Waals surface area contributed by atoms with Gasteiger partial charge in [-0.2, -0.15) is 13.2 Å². The van der Waals surface area contributed by atoms with E-state index in [1.165, 1.54) is 0 Å². The molecule has 1 aliphatic heterocycles. The Morgan fingerprint density at radius 3 is 2.87 bits per heavy atom. The zero-order chi connectivity index (χ0) is 16.4. The maximum Gasteiger partial charge on any atom is 0.432 e. The molecule has 0 aromatic carbocycles. The third-order valence-electron chi connectivity index (χ3n) is 4.30. The number of alkyl halides is 3. The van der Waals surface area contributed by atoms with Crippen molar-refractivity contribution in [2.45, 2.75) is 38.4 Å². The summed E-state index contributed by atoms with van der Waals surface area (Å²) in [6.07, 6.45) is 0.0880. The number of rotatable bonds is 3. The number of hydrogen-bond donors (Lipinski definition) is 1. The van der Waals surface area contributed by atoms with Crippen LogP contribution in [0.4, 0.5) is 13.2 Å². The van der Waals surface area contributed by atoms with Crippen molar-refractivity contribution in [2.24, 2.45) is 0 Å². The summed E-state index contributed by atoms with van der Waals surface area (Å²) in [5.74, 6) is 0.446. The van der Waals surface area contributed by atoms with Gasteiger partial charge < -0.3 is 4.98 Å². The molecule has 23 heavy (non-hydrogen) atoms. The molecule has 0 aliphatic carbocycles. The van der Waals surface area contributed by atoms with E-state index in [1.807, 2.05) is 19.1 Å². The zero-order valence-electron chi connectivity index (χ0n) is 12.9. The SMILES string of the molecule is Cc1ncccc1CN1CCC[C@@H](c2ncc(C(F)(F)F)[nH]2)C1. The molecule has 124 valence electrons. The van der Waals surface area contributed by atoms with Gasteiger partial charge in [0.25, 0.3) is 0 Å². The number of hydrogen-bond acceptors (Lipinski definition) is 3. The third kappa shape index (κ3) is 3.72. The first-order chi connectivity index (χ1) is 10.9. The maximum atomic E-state index is 12.7. The minimum Gasteiger partial charge on any atom is -0.338 e. The van der Waals surface area contributed by atoms with Gasteiger partial charge in [-0.15, -0.1) is 0 Å². The lowest BCUT2D eigenvalue weighted by molar-refractivity contribution is -0.141. The molecule has 2 aromatic rings. The fraction of sp³-hybridized carbons (Fsp3) is 0.500. The molecule has 0 saturated carbocycles. The van der Waals surface area contributed by atoms with Crippen molar-refractivity contribution in [1.29, 1.82) is 0 Å². The number of halogens is 3. The van der Waals surface area contributed by atoms with Crippen molar-refractivity contribution in [3.05, 3.63) is 47.3 Å². The summed E-state index contributed by atoms with van der Waals surface area (Å²) in [5, 5.41) is 0. The molecule has 0 spiro atoms. The molecule has 1 atom stereocenters. The Morgan fingerprint density at radius 2 is 2.17 bits per heavy atom. The molecule has 4 nitrogen and oxygen atoms in total. The first-order valence-electron chi connectivity index (χ1n) is 7.68. The van der Waals surface area contributed by atoms with Crippen molar-refractivity contribution in [3.8, 4) is 0 Å². The van der Waals surface area contributed by atoms with Gasteiger partial charge in [-0.1, -0.05) is 6.07 Å². The average Bonchev–Trinajstić information content (AvgIpc) is 3.00. The van der Waals surface area contributed by atoms with Gasteiger partial charge in [0.15, 0.2) is 0 Å². The molecule has 7 heteroatoms. The van der Waals surface area contributed by atoms with E-state index in [0.717, 1.165) is 43.4 Å². The number of nitrogens with zero attached hydrogens (tertiary/aromatic N) is 3. The molecule has 0 unspecified atom stereocenters. The van der Waals surface area contributed by atoms with Gasteiger partial charge in [-0.3, -0.25) is 9.88 Å². The Bertz CT molecular complexity index is 665. The molecule has 1 aliphatic rings. The van der Waals surface area contributed by atoms with Gasteiger partial charge in [0.1, 0.15) is 11.5 Å². The van der Waals surface area contributed by atoms with Crippen LogP contribution in [0.25, 0.3) is 0 Å². The van der Waals surface area contributed by atoms with Crippen LogP contribution in [-0.2, 0) is 12.7 Å².